The van der Waals surface area contributed by atoms with Crippen molar-refractivity contribution in [2.75, 3.05) is 0 Å². The summed E-state index contributed by atoms with van der Waals surface area (Å²) in [6.45, 7) is 4.56. The minimum Gasteiger partial charge on any atom is -0.351 e. The van der Waals surface area contributed by atoms with E-state index in [1.807, 2.05) is 0 Å². The minimum atomic E-state index is 0.115. The summed E-state index contributed by atoms with van der Waals surface area (Å²) >= 11 is 0. The topological polar surface area (TPSA) is 58.2 Å². The van der Waals surface area contributed by atoms with Gasteiger partial charge in [-0.3, -0.25) is 9.59 Å². The molecule has 0 aliphatic heterocycles. The van der Waals surface area contributed by atoms with Gasteiger partial charge in [0.2, 0.25) is 11.8 Å². The first-order chi connectivity index (χ1) is 20.7. The maximum Gasteiger partial charge on any atom is 0.220 e. The lowest BCUT2D eigenvalue weighted by molar-refractivity contribution is -0.125. The lowest BCUT2D eigenvalue weighted by Crippen LogP contribution is -2.53. The Morgan fingerprint density at radius 3 is 0.905 bits per heavy atom. The Morgan fingerprint density at radius 1 is 0.405 bits per heavy atom. The number of unbranched alkanes of at least 4 members (excludes halogenated alkanes) is 24. The largest absolute Gasteiger partial charge is 0.351 e. The van der Waals surface area contributed by atoms with Gasteiger partial charge in [0.25, 0.3) is 0 Å². The maximum atomic E-state index is 12.6. The summed E-state index contributed by atoms with van der Waals surface area (Å²) in [6.07, 6.45) is 40.0. The molecule has 0 aromatic carbocycles. The molecule has 2 unspecified atom stereocenters. The average Bonchev–Trinajstić information content (AvgIpc) is 2.99. The van der Waals surface area contributed by atoms with Crippen LogP contribution in [0.4, 0.5) is 0 Å². The van der Waals surface area contributed by atoms with Crippen molar-refractivity contribution in [3.05, 3.63) is 0 Å². The van der Waals surface area contributed by atoms with Crippen LogP contribution in [0.25, 0.3) is 0 Å². The summed E-state index contributed by atoms with van der Waals surface area (Å²) in [5, 5.41) is 6.56. The highest BCUT2D eigenvalue weighted by atomic mass is 16.2. The zero-order valence-electron chi connectivity index (χ0n) is 28.6. The summed E-state index contributed by atoms with van der Waals surface area (Å²) < 4.78 is 0. The highest BCUT2D eigenvalue weighted by molar-refractivity contribution is 5.77. The van der Waals surface area contributed by atoms with E-state index >= 15 is 0 Å². The molecular weight excluding hydrogens is 516 g/mol. The molecule has 0 saturated heterocycles. The monoisotopic (exact) mass is 591 g/mol. The predicted octanol–water partition coefficient (Wildman–Crippen LogP) is 11.5. The average molecular weight is 591 g/mol. The summed E-state index contributed by atoms with van der Waals surface area (Å²) in [7, 11) is 0. The van der Waals surface area contributed by atoms with E-state index in [4.69, 9.17) is 0 Å². The van der Waals surface area contributed by atoms with Crippen molar-refractivity contribution < 1.29 is 9.59 Å². The van der Waals surface area contributed by atoms with Crippen molar-refractivity contribution in [1.29, 1.82) is 0 Å². The summed E-state index contributed by atoms with van der Waals surface area (Å²) in [5.41, 5.74) is 0. The van der Waals surface area contributed by atoms with Gasteiger partial charge in [-0.05, 0) is 25.7 Å². The van der Waals surface area contributed by atoms with Crippen LogP contribution < -0.4 is 10.6 Å². The van der Waals surface area contributed by atoms with E-state index in [9.17, 15) is 9.59 Å². The van der Waals surface area contributed by atoms with Gasteiger partial charge in [0.15, 0.2) is 0 Å². The molecular formula is C38H74N2O2. The fourth-order valence-electron chi connectivity index (χ4n) is 6.64. The fraction of sp³-hybridized carbons (Fsp3) is 0.947. The second kappa shape index (κ2) is 30.0. The van der Waals surface area contributed by atoms with E-state index in [2.05, 4.69) is 24.5 Å². The SMILES string of the molecule is CCCCCCCCCCCCCCCC(=O)NC1CCCCC1NC(=O)CCCCCCCCCCCCCCC. The van der Waals surface area contributed by atoms with Crippen LogP contribution in [0, 0.1) is 0 Å². The molecule has 0 aromatic heterocycles. The molecule has 1 aliphatic rings. The summed E-state index contributed by atoms with van der Waals surface area (Å²) in [5.74, 6) is 0.362. The Kier molecular flexibility index (Phi) is 27.8. The molecule has 1 aliphatic carbocycles. The molecule has 0 heterocycles. The predicted molar refractivity (Wildman–Crippen MR) is 183 cm³/mol. The Balaban J connectivity index is 2.00. The molecule has 0 aromatic rings. The second-order valence-electron chi connectivity index (χ2n) is 13.6. The molecule has 4 nitrogen and oxygen atoms in total. The second-order valence-corrected chi connectivity index (χ2v) is 13.6. The van der Waals surface area contributed by atoms with Crippen LogP contribution in [-0.2, 0) is 9.59 Å². The van der Waals surface area contributed by atoms with Crippen LogP contribution in [0.15, 0.2) is 0 Å². The van der Waals surface area contributed by atoms with Gasteiger partial charge in [-0.2, -0.15) is 0 Å². The molecule has 1 fully saturated rings. The van der Waals surface area contributed by atoms with Crippen LogP contribution in [0.5, 0.6) is 0 Å². The van der Waals surface area contributed by atoms with E-state index in [1.165, 1.54) is 141 Å². The van der Waals surface area contributed by atoms with Crippen molar-refractivity contribution >= 4 is 11.8 Å². The van der Waals surface area contributed by atoms with Crippen molar-refractivity contribution in [2.24, 2.45) is 0 Å². The molecule has 1 rings (SSSR count). The Morgan fingerprint density at radius 2 is 0.643 bits per heavy atom. The molecule has 0 bridgehead atoms. The van der Waals surface area contributed by atoms with Crippen molar-refractivity contribution in [3.8, 4) is 0 Å². The number of nitrogens with one attached hydrogen (secondary N) is 2. The van der Waals surface area contributed by atoms with Crippen LogP contribution in [0.2, 0.25) is 0 Å². The molecule has 1 saturated carbocycles. The molecule has 42 heavy (non-hydrogen) atoms. The van der Waals surface area contributed by atoms with E-state index in [0.29, 0.717) is 12.8 Å². The van der Waals surface area contributed by atoms with Gasteiger partial charge in [-0.1, -0.05) is 181 Å². The quantitative estimate of drug-likeness (QED) is 0.0817. The number of rotatable bonds is 30. The van der Waals surface area contributed by atoms with Crippen LogP contribution in [0.1, 0.15) is 219 Å². The summed E-state index contributed by atoms with van der Waals surface area (Å²) in [4.78, 5) is 25.3. The van der Waals surface area contributed by atoms with Gasteiger partial charge < -0.3 is 10.6 Å². The van der Waals surface area contributed by atoms with Gasteiger partial charge in [-0.25, -0.2) is 0 Å². The first kappa shape index (κ1) is 39.0. The zero-order valence-corrected chi connectivity index (χ0v) is 28.6. The maximum absolute atomic E-state index is 12.6. The number of carbonyl (C=O) groups is 2. The minimum absolute atomic E-state index is 0.115. The van der Waals surface area contributed by atoms with Crippen LogP contribution in [-0.4, -0.2) is 23.9 Å². The third-order valence-corrected chi connectivity index (χ3v) is 9.47. The molecule has 0 spiro atoms. The Labute approximate surface area is 263 Å². The molecule has 2 N–H and O–H groups in total. The summed E-state index contributed by atoms with van der Waals surface area (Å²) in [6, 6.07) is 0.229. The number of carbonyl (C=O) groups excluding carboxylic acids is 2. The van der Waals surface area contributed by atoms with E-state index in [1.54, 1.807) is 0 Å². The third kappa shape index (κ3) is 24.4. The molecule has 2 amide bonds. The van der Waals surface area contributed by atoms with Gasteiger partial charge in [0.1, 0.15) is 0 Å². The third-order valence-electron chi connectivity index (χ3n) is 9.47. The smallest absolute Gasteiger partial charge is 0.220 e. The molecule has 4 heteroatoms. The highest BCUT2D eigenvalue weighted by Gasteiger charge is 2.27. The first-order valence-corrected chi connectivity index (χ1v) is 19.3. The zero-order chi connectivity index (χ0) is 30.4. The van der Waals surface area contributed by atoms with Gasteiger partial charge in [0.05, 0.1) is 0 Å². The normalized spacial score (nSPS) is 16.9. The van der Waals surface area contributed by atoms with Gasteiger partial charge in [0, 0.05) is 24.9 Å². The van der Waals surface area contributed by atoms with Gasteiger partial charge in [-0.15, -0.1) is 0 Å². The standard InChI is InChI=1S/C38H74N2O2/c1-3-5-7-9-11-13-15-17-19-21-23-25-27-33-37(41)39-35-31-29-30-32-36(35)40-38(42)34-28-26-24-22-20-18-16-14-12-10-8-6-4-2/h35-36H,3-34H2,1-2H3,(H,39,41)(H,40,42). The fourth-order valence-corrected chi connectivity index (χ4v) is 6.64. The van der Waals surface area contributed by atoms with E-state index < -0.39 is 0 Å². The first-order valence-electron chi connectivity index (χ1n) is 19.3. The van der Waals surface area contributed by atoms with Crippen LogP contribution >= 0.6 is 0 Å². The number of amides is 2. The van der Waals surface area contributed by atoms with E-state index in [-0.39, 0.29) is 23.9 Å². The number of hydrogen-bond donors (Lipinski definition) is 2. The lowest BCUT2D eigenvalue weighted by Gasteiger charge is -2.33. The number of hydrogen-bond acceptors (Lipinski definition) is 2. The highest BCUT2D eigenvalue weighted by Crippen LogP contribution is 2.20. The van der Waals surface area contributed by atoms with Crippen molar-refractivity contribution in [3.63, 3.8) is 0 Å². The Bertz CT molecular complexity index is 556. The van der Waals surface area contributed by atoms with E-state index in [0.717, 1.165) is 51.4 Å². The lowest BCUT2D eigenvalue weighted by atomic mass is 9.90. The van der Waals surface area contributed by atoms with Crippen molar-refractivity contribution in [1.82, 2.24) is 10.6 Å². The molecule has 0 radical (unpaired) electrons. The molecule has 248 valence electrons. The van der Waals surface area contributed by atoms with Crippen molar-refractivity contribution in [2.45, 2.75) is 231 Å². The Hall–Kier alpha value is -1.06. The van der Waals surface area contributed by atoms with Gasteiger partial charge >= 0.3 is 0 Å². The van der Waals surface area contributed by atoms with Crippen LogP contribution in [0.3, 0.4) is 0 Å². The molecule has 2 atom stereocenters.